The lowest BCUT2D eigenvalue weighted by atomic mass is 10.3. The van der Waals surface area contributed by atoms with E-state index < -0.39 is 8.80 Å². The van der Waals surface area contributed by atoms with Crippen LogP contribution in [0.5, 0.6) is 0 Å². The number of aliphatic hydroxyl groups is 1. The van der Waals surface area contributed by atoms with E-state index in [4.69, 9.17) is 32.9 Å². The van der Waals surface area contributed by atoms with Crippen molar-refractivity contribution in [2.24, 2.45) is 0 Å². The van der Waals surface area contributed by atoms with Gasteiger partial charge in [-0.1, -0.05) is 13.8 Å². The molecule has 2 N–H and O–H groups in total. The number of hydrogen-bond acceptors (Lipinski definition) is 8. The molecule has 8 nitrogen and oxygen atoms in total. The lowest BCUT2D eigenvalue weighted by molar-refractivity contribution is -0.0631. The van der Waals surface area contributed by atoms with E-state index in [2.05, 4.69) is 0 Å². The molecule has 2 unspecified atom stereocenters. The van der Waals surface area contributed by atoms with Gasteiger partial charge in [-0.3, -0.25) is 0 Å². The number of aliphatic hydroxyl groups excluding tert-OH is 1. The third-order valence-electron chi connectivity index (χ3n) is 3.51. The zero-order chi connectivity index (χ0) is 17.7. The van der Waals surface area contributed by atoms with Crippen molar-refractivity contribution in [3.63, 3.8) is 0 Å². The molecule has 1 saturated heterocycles. The Kier molecular flexibility index (Phi) is 12.0. The molecule has 144 valence electrons. The van der Waals surface area contributed by atoms with Gasteiger partial charge in [0.15, 0.2) is 0 Å². The van der Waals surface area contributed by atoms with Gasteiger partial charge in [-0.2, -0.15) is 0 Å². The molecule has 1 aliphatic heterocycles. The summed E-state index contributed by atoms with van der Waals surface area (Å²) in [7, 11) is -3.18. The van der Waals surface area contributed by atoms with E-state index in [0.29, 0.717) is 59.3 Å². The second-order valence-electron chi connectivity index (χ2n) is 5.79. The first kappa shape index (κ1) is 21.9. The van der Waals surface area contributed by atoms with E-state index in [1.165, 1.54) is 0 Å². The van der Waals surface area contributed by atoms with Crippen LogP contribution in [0, 0.1) is 0 Å². The normalized spacial score (nSPS) is 27.6. The number of ether oxygens (including phenoxy) is 4. The van der Waals surface area contributed by atoms with Gasteiger partial charge in [-0.15, -0.1) is 0 Å². The van der Waals surface area contributed by atoms with Crippen LogP contribution in [0.1, 0.15) is 20.3 Å². The van der Waals surface area contributed by atoms with Crippen LogP contribution in [0.2, 0.25) is 5.54 Å². The van der Waals surface area contributed by atoms with Crippen LogP contribution in [-0.2, 0) is 27.8 Å². The van der Waals surface area contributed by atoms with Crippen LogP contribution in [0.4, 0.5) is 0 Å². The second-order valence-corrected chi connectivity index (χ2v) is 8.78. The molecule has 0 spiro atoms. The van der Waals surface area contributed by atoms with Crippen molar-refractivity contribution in [1.82, 2.24) is 0 Å². The van der Waals surface area contributed by atoms with Gasteiger partial charge in [-0.25, -0.2) is 0 Å². The van der Waals surface area contributed by atoms with E-state index in [0.717, 1.165) is 0 Å². The molecule has 1 fully saturated rings. The Labute approximate surface area is 145 Å². The highest BCUT2D eigenvalue weighted by Crippen LogP contribution is 2.20. The zero-order valence-corrected chi connectivity index (χ0v) is 15.8. The fourth-order valence-corrected chi connectivity index (χ4v) is 3.56. The minimum atomic E-state index is -3.18. The highest BCUT2D eigenvalue weighted by molar-refractivity contribution is 6.60. The Morgan fingerprint density at radius 3 is 2.42 bits per heavy atom. The topological polar surface area (TPSA) is 95.8 Å². The van der Waals surface area contributed by atoms with Crippen molar-refractivity contribution in [2.75, 3.05) is 66.1 Å². The summed E-state index contributed by atoms with van der Waals surface area (Å²) in [5, 5.41) is 8.61. The Morgan fingerprint density at radius 2 is 1.71 bits per heavy atom. The van der Waals surface area contributed by atoms with Gasteiger partial charge in [0, 0.05) is 12.1 Å². The van der Waals surface area contributed by atoms with Crippen molar-refractivity contribution in [1.29, 1.82) is 0 Å². The number of hydrogen-bond donors (Lipinski definition) is 2. The van der Waals surface area contributed by atoms with Crippen LogP contribution in [-0.4, -0.2) is 90.9 Å². The third kappa shape index (κ3) is 9.40. The fourth-order valence-electron chi connectivity index (χ4n) is 2.06. The molecule has 0 amide bonds. The SMILES string of the molecule is CC(C)[Si]1(O)OCCOCCC(COCCOCCO)OCCO1. The molecule has 0 aromatic heterocycles. The first-order valence-electron chi connectivity index (χ1n) is 8.54. The van der Waals surface area contributed by atoms with Crippen LogP contribution < -0.4 is 0 Å². The van der Waals surface area contributed by atoms with E-state index in [9.17, 15) is 4.80 Å². The second kappa shape index (κ2) is 13.1. The van der Waals surface area contributed by atoms with Crippen LogP contribution in [0.25, 0.3) is 0 Å². The first-order valence-corrected chi connectivity index (χ1v) is 10.4. The van der Waals surface area contributed by atoms with E-state index in [1.807, 2.05) is 13.8 Å². The van der Waals surface area contributed by atoms with Gasteiger partial charge in [0.2, 0.25) is 0 Å². The molecular weight excluding hydrogens is 336 g/mol. The Hall–Kier alpha value is -0.103. The van der Waals surface area contributed by atoms with Gasteiger partial charge >= 0.3 is 8.80 Å². The zero-order valence-electron chi connectivity index (χ0n) is 14.8. The molecule has 0 aliphatic carbocycles. The summed E-state index contributed by atoms with van der Waals surface area (Å²) >= 11 is 0. The highest BCUT2D eigenvalue weighted by atomic mass is 28.4. The van der Waals surface area contributed by atoms with Crippen molar-refractivity contribution >= 4 is 8.80 Å². The molecular formula is C15H32O8Si. The molecule has 9 heteroatoms. The standard InChI is InChI=1S/C15H32O8Si/c1-14(2)24(17)22-11-9-18-5-3-15(21-10-12-23-24)13-20-8-7-19-6-4-16/h14-17H,3-13H2,1-2H3. The molecule has 1 rings (SSSR count). The summed E-state index contributed by atoms with van der Waals surface area (Å²) in [4.78, 5) is 10.5. The van der Waals surface area contributed by atoms with Gasteiger partial charge in [0.25, 0.3) is 0 Å². The molecule has 0 aromatic rings. The summed E-state index contributed by atoms with van der Waals surface area (Å²) in [6.07, 6.45) is 0.615. The predicted molar refractivity (Wildman–Crippen MR) is 88.9 cm³/mol. The van der Waals surface area contributed by atoms with Gasteiger partial charge < -0.3 is 37.7 Å². The quantitative estimate of drug-likeness (QED) is 0.463. The van der Waals surface area contributed by atoms with E-state index in [1.54, 1.807) is 0 Å². The van der Waals surface area contributed by atoms with Crippen molar-refractivity contribution in [3.8, 4) is 0 Å². The molecule has 1 heterocycles. The average Bonchev–Trinajstić information content (AvgIpc) is 2.55. The summed E-state index contributed by atoms with van der Waals surface area (Å²) < 4.78 is 33.1. The molecule has 1 aliphatic rings. The summed E-state index contributed by atoms with van der Waals surface area (Å²) in [6, 6.07) is 0. The summed E-state index contributed by atoms with van der Waals surface area (Å²) in [6.45, 7) is 7.36. The molecule has 24 heavy (non-hydrogen) atoms. The lowest BCUT2D eigenvalue weighted by Gasteiger charge is -2.28. The smallest absolute Gasteiger partial charge is 0.394 e. The Bertz CT molecular complexity index is 307. The van der Waals surface area contributed by atoms with Crippen LogP contribution in [0.3, 0.4) is 0 Å². The minimum absolute atomic E-state index is 0.0127. The van der Waals surface area contributed by atoms with Gasteiger partial charge in [0.05, 0.1) is 65.6 Å². The third-order valence-corrected chi connectivity index (χ3v) is 6.20. The maximum atomic E-state index is 10.5. The van der Waals surface area contributed by atoms with Crippen molar-refractivity contribution in [3.05, 3.63) is 0 Å². The molecule has 0 aromatic carbocycles. The van der Waals surface area contributed by atoms with Crippen molar-refractivity contribution in [2.45, 2.75) is 31.9 Å². The van der Waals surface area contributed by atoms with E-state index in [-0.39, 0.29) is 24.9 Å². The monoisotopic (exact) mass is 368 g/mol. The molecule has 2 atom stereocenters. The van der Waals surface area contributed by atoms with Crippen molar-refractivity contribution < 1.29 is 37.7 Å². The Morgan fingerprint density at radius 1 is 1.00 bits per heavy atom. The predicted octanol–water partition coefficient (Wildman–Crippen LogP) is 0.192. The molecule has 0 bridgehead atoms. The number of rotatable bonds is 8. The maximum absolute atomic E-state index is 10.5. The van der Waals surface area contributed by atoms with Crippen LogP contribution in [0.15, 0.2) is 0 Å². The minimum Gasteiger partial charge on any atom is -0.394 e. The Balaban J connectivity index is 2.31. The molecule has 0 saturated carbocycles. The van der Waals surface area contributed by atoms with Crippen LogP contribution >= 0.6 is 0 Å². The lowest BCUT2D eigenvalue weighted by Crippen LogP contribution is -2.47. The van der Waals surface area contributed by atoms with Gasteiger partial charge in [0.1, 0.15) is 0 Å². The van der Waals surface area contributed by atoms with E-state index >= 15 is 0 Å². The highest BCUT2D eigenvalue weighted by Gasteiger charge is 2.41. The largest absolute Gasteiger partial charge is 0.501 e. The first-order chi connectivity index (χ1) is 11.6. The summed E-state index contributed by atoms with van der Waals surface area (Å²) in [5.41, 5.74) is -0.0708. The average molecular weight is 368 g/mol. The fraction of sp³-hybridized carbons (Fsp3) is 1.00. The van der Waals surface area contributed by atoms with Gasteiger partial charge in [-0.05, 0) is 6.42 Å². The maximum Gasteiger partial charge on any atom is 0.501 e. The molecule has 0 radical (unpaired) electrons. The summed E-state index contributed by atoms with van der Waals surface area (Å²) in [5.74, 6) is 0.